The highest BCUT2D eigenvalue weighted by atomic mass is 35.5. The number of carboxylic acid groups (broad SMARTS) is 1. The van der Waals surface area contributed by atoms with Gasteiger partial charge in [-0.2, -0.15) is 0 Å². The summed E-state index contributed by atoms with van der Waals surface area (Å²) in [6.45, 7) is 0.413. The van der Waals surface area contributed by atoms with E-state index in [4.69, 9.17) is 11.6 Å². The summed E-state index contributed by atoms with van der Waals surface area (Å²) < 4.78 is 0. The summed E-state index contributed by atoms with van der Waals surface area (Å²) in [7, 11) is 0. The van der Waals surface area contributed by atoms with E-state index >= 15 is 0 Å². The largest absolute Gasteiger partial charge is 0.546 e. The second kappa shape index (κ2) is 4.77. The minimum atomic E-state index is -1.24. The number of pyridine rings is 1. The molecule has 18 heavy (non-hydrogen) atoms. The highest BCUT2D eigenvalue weighted by Crippen LogP contribution is 2.30. The first-order valence-electron chi connectivity index (χ1n) is 5.34. The van der Waals surface area contributed by atoms with E-state index in [2.05, 4.69) is 4.98 Å². The Hall–Kier alpha value is -1.89. The third kappa shape index (κ3) is 2.21. The van der Waals surface area contributed by atoms with Crippen molar-refractivity contribution < 1.29 is 19.8 Å². The first-order chi connectivity index (χ1) is 8.50. The van der Waals surface area contributed by atoms with E-state index in [0.29, 0.717) is 19.4 Å². The molecular formula is C10H10ClN3O4. The first-order valence-corrected chi connectivity index (χ1v) is 5.72. The van der Waals surface area contributed by atoms with E-state index in [0.717, 1.165) is 0 Å². The van der Waals surface area contributed by atoms with E-state index in [1.807, 2.05) is 0 Å². The van der Waals surface area contributed by atoms with Crippen LogP contribution in [0.1, 0.15) is 12.8 Å². The fraction of sp³-hybridized carbons (Fsp3) is 0.400. The Morgan fingerprint density at radius 2 is 2.28 bits per heavy atom. The number of anilines is 1. The molecule has 1 aromatic heterocycles. The monoisotopic (exact) mass is 271 g/mol. The topological polar surface area (TPSA) is 101 Å². The van der Waals surface area contributed by atoms with Crippen LogP contribution in [0.2, 0.25) is 5.15 Å². The molecule has 0 aliphatic carbocycles. The molecule has 0 amide bonds. The van der Waals surface area contributed by atoms with Crippen LogP contribution in [0.4, 0.5) is 11.5 Å². The van der Waals surface area contributed by atoms with Crippen LogP contribution in [0.5, 0.6) is 0 Å². The number of hydrogen-bond donors (Lipinski definition) is 0. The lowest BCUT2D eigenvalue weighted by atomic mass is 10.2. The Morgan fingerprint density at radius 1 is 1.56 bits per heavy atom. The van der Waals surface area contributed by atoms with Crippen molar-refractivity contribution in [3.8, 4) is 0 Å². The summed E-state index contributed by atoms with van der Waals surface area (Å²) >= 11 is 5.76. The first kappa shape index (κ1) is 12.6. The van der Waals surface area contributed by atoms with Crippen molar-refractivity contribution in [3.05, 3.63) is 27.4 Å². The Morgan fingerprint density at radius 3 is 2.89 bits per heavy atom. The summed E-state index contributed by atoms with van der Waals surface area (Å²) in [5, 5.41) is 22.1. The van der Waals surface area contributed by atoms with Gasteiger partial charge in [-0.05, 0) is 24.4 Å². The van der Waals surface area contributed by atoms with Gasteiger partial charge in [0.1, 0.15) is 6.04 Å². The Kier molecular flexibility index (Phi) is 3.33. The van der Waals surface area contributed by atoms with Crippen molar-refractivity contribution in [1.29, 1.82) is 0 Å². The van der Waals surface area contributed by atoms with E-state index in [9.17, 15) is 20.0 Å². The molecule has 2 rings (SSSR count). The molecule has 2 heterocycles. The van der Waals surface area contributed by atoms with E-state index in [1.54, 1.807) is 0 Å². The van der Waals surface area contributed by atoms with Crippen LogP contribution >= 0.6 is 11.6 Å². The number of aromatic nitrogens is 1. The Balaban J connectivity index is 2.46. The maximum absolute atomic E-state index is 11.0. The number of nitro groups is 1. The van der Waals surface area contributed by atoms with Crippen LogP contribution in [0.15, 0.2) is 12.1 Å². The van der Waals surface area contributed by atoms with Crippen LogP contribution in [0, 0.1) is 10.1 Å². The van der Waals surface area contributed by atoms with Crippen LogP contribution < -0.4 is 15.0 Å². The van der Waals surface area contributed by atoms with Gasteiger partial charge >= 0.3 is 11.5 Å². The smallest absolute Gasteiger partial charge is 0.357 e. The molecule has 0 spiro atoms. The summed E-state index contributed by atoms with van der Waals surface area (Å²) in [6.07, 6.45) is 1.04. The zero-order valence-corrected chi connectivity index (χ0v) is 10.0. The van der Waals surface area contributed by atoms with Crippen molar-refractivity contribution in [2.24, 2.45) is 0 Å². The number of halogens is 1. The second-order valence-corrected chi connectivity index (χ2v) is 4.37. The molecule has 1 aliphatic rings. The minimum absolute atomic E-state index is 0.110. The van der Waals surface area contributed by atoms with Gasteiger partial charge in [0.15, 0.2) is 5.15 Å². The fourth-order valence-corrected chi connectivity index (χ4v) is 2.25. The van der Waals surface area contributed by atoms with Crippen LogP contribution in [0.25, 0.3) is 0 Å². The van der Waals surface area contributed by atoms with Crippen LogP contribution in [-0.4, -0.2) is 23.5 Å². The Labute approximate surface area is 107 Å². The second-order valence-electron chi connectivity index (χ2n) is 3.97. The summed E-state index contributed by atoms with van der Waals surface area (Å²) in [5.74, 6) is -1.13. The van der Waals surface area contributed by atoms with E-state index in [1.165, 1.54) is 17.0 Å². The highest BCUT2D eigenvalue weighted by molar-refractivity contribution is 6.28. The molecule has 96 valence electrons. The van der Waals surface area contributed by atoms with Crippen LogP contribution in [0.3, 0.4) is 0 Å². The number of carboxylic acids is 1. The molecule has 8 heteroatoms. The summed E-state index contributed by atoms with van der Waals surface area (Å²) in [4.78, 5) is 25.4. The molecule has 1 aromatic rings. The molecule has 1 atom stereocenters. The van der Waals surface area contributed by atoms with Crippen molar-refractivity contribution in [3.63, 3.8) is 0 Å². The molecular weight excluding hydrogens is 262 g/mol. The maximum atomic E-state index is 11.0. The van der Waals surface area contributed by atoms with Gasteiger partial charge in [0, 0.05) is 12.1 Å². The van der Waals surface area contributed by atoms with Gasteiger partial charge in [-0.25, -0.2) is 9.88 Å². The van der Waals surface area contributed by atoms with Crippen molar-refractivity contribution in [1.82, 2.24) is 0 Å². The molecule has 1 aliphatic heterocycles. The number of aliphatic carboxylic acids is 1. The predicted octanol–water partition coefficient (Wildman–Crippen LogP) is -0.219. The molecule has 0 bridgehead atoms. The molecule has 1 N–H and O–H groups in total. The van der Waals surface area contributed by atoms with E-state index < -0.39 is 16.9 Å². The summed E-state index contributed by atoms with van der Waals surface area (Å²) in [6, 6.07) is 1.74. The van der Waals surface area contributed by atoms with Gasteiger partial charge in [0.2, 0.25) is 0 Å². The third-order valence-electron chi connectivity index (χ3n) is 2.88. The number of nitrogens with one attached hydrogen (secondary N) is 1. The quantitative estimate of drug-likeness (QED) is 0.430. The van der Waals surface area contributed by atoms with Crippen molar-refractivity contribution in [2.75, 3.05) is 11.4 Å². The van der Waals surface area contributed by atoms with Gasteiger partial charge in [-0.3, -0.25) is 10.1 Å². The molecule has 1 saturated heterocycles. The average Bonchev–Trinajstić information content (AvgIpc) is 2.77. The van der Waals surface area contributed by atoms with Gasteiger partial charge in [-0.15, -0.1) is 0 Å². The molecule has 1 fully saturated rings. The lowest BCUT2D eigenvalue weighted by molar-refractivity contribution is -0.410. The summed E-state index contributed by atoms with van der Waals surface area (Å²) in [5.41, 5.74) is -0.201. The number of carbonyl (C=O) groups is 1. The Bertz CT molecular complexity index is 508. The van der Waals surface area contributed by atoms with E-state index in [-0.39, 0.29) is 16.7 Å². The van der Waals surface area contributed by atoms with Crippen molar-refractivity contribution >= 4 is 29.1 Å². The number of hydrogen-bond acceptors (Lipinski definition) is 5. The lowest BCUT2D eigenvalue weighted by Crippen LogP contribution is -2.46. The van der Waals surface area contributed by atoms with Gasteiger partial charge in [0.05, 0.1) is 17.4 Å². The molecule has 0 radical (unpaired) electrons. The molecule has 0 saturated carbocycles. The maximum Gasteiger partial charge on any atom is 0.357 e. The molecule has 0 aromatic carbocycles. The zero-order chi connectivity index (χ0) is 13.3. The van der Waals surface area contributed by atoms with Crippen LogP contribution in [-0.2, 0) is 4.79 Å². The number of aromatic amines is 1. The number of rotatable bonds is 3. The predicted molar refractivity (Wildman–Crippen MR) is 60.0 cm³/mol. The van der Waals surface area contributed by atoms with Gasteiger partial charge in [-0.1, -0.05) is 0 Å². The number of nitrogens with zero attached hydrogens (tertiary/aromatic N) is 2. The highest BCUT2D eigenvalue weighted by Gasteiger charge is 2.38. The van der Waals surface area contributed by atoms with Crippen molar-refractivity contribution in [2.45, 2.75) is 18.9 Å². The lowest BCUT2D eigenvalue weighted by Gasteiger charge is -2.19. The molecule has 7 nitrogen and oxygen atoms in total. The van der Waals surface area contributed by atoms with Gasteiger partial charge in [0.25, 0.3) is 0 Å². The third-order valence-corrected chi connectivity index (χ3v) is 3.10. The normalized spacial score (nSPS) is 18.9. The average molecular weight is 272 g/mol. The molecule has 0 unspecified atom stereocenters. The minimum Gasteiger partial charge on any atom is -0.546 e. The van der Waals surface area contributed by atoms with Gasteiger partial charge < -0.3 is 9.90 Å². The SMILES string of the molecule is O=C([O-])[C@H]1CCCN1c1[nH+]c(Cl)ccc1[N+](=O)[O-]. The number of H-pyrrole nitrogens is 1. The standard InChI is InChI=1S/C10H10ClN3O4/c11-8-4-3-6(14(17)18)9(12-8)13-5-1-2-7(13)10(15)16/h3-4,7H,1-2,5H2,(H,15,16)/t7-/m1/s1. The zero-order valence-electron chi connectivity index (χ0n) is 9.26. The number of carbonyl (C=O) groups excluding carboxylic acids is 1. The fourth-order valence-electron chi connectivity index (χ4n) is 2.10.